The highest BCUT2D eigenvalue weighted by molar-refractivity contribution is 7.47. The molecule has 31 heavy (non-hydrogen) atoms. The minimum absolute atomic E-state index is 0.267. The first kappa shape index (κ1) is 30.5. The van der Waals surface area contributed by atoms with Crippen LogP contribution < -0.4 is 0 Å². The molecule has 0 fully saturated rings. The highest BCUT2D eigenvalue weighted by Gasteiger charge is 2.24. The Bertz CT molecular complexity index is 489. The monoisotopic (exact) mass is 470 g/mol. The van der Waals surface area contributed by atoms with Crippen molar-refractivity contribution in [3.05, 3.63) is 0 Å². The number of carbonyl (C=O) groups excluding carboxylic acids is 1. The molecule has 1 unspecified atom stereocenters. The van der Waals surface area contributed by atoms with Crippen molar-refractivity contribution in [2.45, 2.75) is 96.7 Å². The summed E-state index contributed by atoms with van der Waals surface area (Å²) in [6, 6.07) is 0. The lowest BCUT2D eigenvalue weighted by Gasteiger charge is -2.16. The summed E-state index contributed by atoms with van der Waals surface area (Å²) in [5.41, 5.74) is 0. The fraction of sp³-hybridized carbons (Fsp3) is 0.952. The number of phosphoric ester groups is 1. The molecule has 4 N–H and O–H groups in total. The van der Waals surface area contributed by atoms with Crippen molar-refractivity contribution < 1.29 is 43.4 Å². The van der Waals surface area contributed by atoms with Gasteiger partial charge in [-0.2, -0.15) is 0 Å². The molecule has 0 aromatic heterocycles. The number of hydrogen-bond acceptors (Lipinski definition) is 8. The van der Waals surface area contributed by atoms with E-state index in [9.17, 15) is 19.4 Å². The van der Waals surface area contributed by atoms with Crippen molar-refractivity contribution in [2.75, 3.05) is 26.4 Å². The molecule has 9 nitrogen and oxygen atoms in total. The van der Waals surface area contributed by atoms with E-state index in [-0.39, 0.29) is 13.0 Å². The fourth-order valence-electron chi connectivity index (χ4n) is 2.79. The lowest BCUT2D eigenvalue weighted by atomic mass is 9.99. The summed E-state index contributed by atoms with van der Waals surface area (Å²) in [7, 11) is -4.48. The summed E-state index contributed by atoms with van der Waals surface area (Å²) in [6.07, 6.45) is 9.31. The molecule has 0 rings (SSSR count). The Balaban J connectivity index is 3.61. The molecular weight excluding hydrogens is 427 g/mol. The highest BCUT2D eigenvalue weighted by Crippen LogP contribution is 2.43. The molecule has 0 radical (unpaired) electrons. The Morgan fingerprint density at radius 1 is 0.871 bits per heavy atom. The van der Waals surface area contributed by atoms with E-state index in [1.807, 2.05) is 0 Å². The molecule has 186 valence electrons. The Morgan fingerprint density at radius 2 is 1.39 bits per heavy atom. The Kier molecular flexibility index (Phi) is 18.6. The highest BCUT2D eigenvalue weighted by atomic mass is 31.2. The topological polar surface area (TPSA) is 143 Å². The average molecular weight is 471 g/mol. The SMILES string of the molecule is CC[C@@H](C)CCCCCCCCCCC(=O)OC[C@@H](O)COP(=O)(O)OC[C@@H](O)CO. The number of esters is 1. The lowest BCUT2D eigenvalue weighted by Crippen LogP contribution is -2.24. The second-order valence-corrected chi connectivity index (χ2v) is 9.57. The zero-order valence-corrected chi connectivity index (χ0v) is 20.0. The second-order valence-electron chi connectivity index (χ2n) is 8.11. The Labute approximate surface area is 186 Å². The van der Waals surface area contributed by atoms with Gasteiger partial charge in [0.25, 0.3) is 0 Å². The molecule has 0 aliphatic carbocycles. The van der Waals surface area contributed by atoms with Gasteiger partial charge in [-0.15, -0.1) is 0 Å². The molecule has 0 spiro atoms. The number of carbonyl (C=O) groups is 1. The Morgan fingerprint density at radius 3 is 1.94 bits per heavy atom. The minimum Gasteiger partial charge on any atom is -0.463 e. The predicted octanol–water partition coefficient (Wildman–Crippen LogP) is 3.32. The largest absolute Gasteiger partial charge is 0.472 e. The van der Waals surface area contributed by atoms with Crippen LogP contribution in [0.1, 0.15) is 84.5 Å². The maximum absolute atomic E-state index is 11.7. The van der Waals surface area contributed by atoms with E-state index in [4.69, 9.17) is 14.9 Å². The maximum atomic E-state index is 11.7. The van der Waals surface area contributed by atoms with E-state index in [2.05, 4.69) is 22.9 Å². The number of rotatable bonds is 21. The van der Waals surface area contributed by atoms with Crippen molar-refractivity contribution in [1.29, 1.82) is 0 Å². The van der Waals surface area contributed by atoms with Gasteiger partial charge in [-0.25, -0.2) is 4.57 Å². The van der Waals surface area contributed by atoms with Crippen LogP contribution in [0.3, 0.4) is 0 Å². The van der Waals surface area contributed by atoms with Gasteiger partial charge in [0.1, 0.15) is 18.8 Å². The molecule has 4 atom stereocenters. The van der Waals surface area contributed by atoms with Crippen LogP contribution in [0.25, 0.3) is 0 Å². The molecule has 0 bridgehead atoms. The normalized spacial score (nSPS) is 16.5. The number of phosphoric acid groups is 1. The van der Waals surface area contributed by atoms with Gasteiger partial charge in [0, 0.05) is 6.42 Å². The lowest BCUT2D eigenvalue weighted by molar-refractivity contribution is -0.147. The standard InChI is InChI=1S/C21H43O9P/c1-3-18(2)12-10-8-6-4-5-7-9-11-13-21(25)28-15-20(24)17-30-31(26,27)29-16-19(23)14-22/h18-20,22-24H,3-17H2,1-2H3,(H,26,27)/t18-,19+,20-/m1/s1. The number of unbranched alkanes of at least 4 members (excludes halogenated alkanes) is 7. The average Bonchev–Trinajstić information content (AvgIpc) is 2.75. The van der Waals surface area contributed by atoms with Gasteiger partial charge in [0.2, 0.25) is 0 Å². The summed E-state index contributed by atoms with van der Waals surface area (Å²) < 4.78 is 25.4. The van der Waals surface area contributed by atoms with Gasteiger partial charge in [-0.05, 0) is 12.3 Å². The van der Waals surface area contributed by atoms with Crippen LogP contribution >= 0.6 is 7.82 Å². The predicted molar refractivity (Wildman–Crippen MR) is 117 cm³/mol. The third-order valence-corrected chi connectivity index (χ3v) is 5.98. The van der Waals surface area contributed by atoms with Crippen molar-refractivity contribution in [3.63, 3.8) is 0 Å². The van der Waals surface area contributed by atoms with Crippen LogP contribution in [0, 0.1) is 5.92 Å². The quantitative estimate of drug-likeness (QED) is 0.113. The van der Waals surface area contributed by atoms with Gasteiger partial charge < -0.3 is 24.9 Å². The minimum atomic E-state index is -4.48. The van der Waals surface area contributed by atoms with Crippen LogP contribution in [0.4, 0.5) is 0 Å². The first-order valence-electron chi connectivity index (χ1n) is 11.4. The van der Waals surface area contributed by atoms with Crippen molar-refractivity contribution in [3.8, 4) is 0 Å². The molecule has 0 heterocycles. The third kappa shape index (κ3) is 19.8. The van der Waals surface area contributed by atoms with Crippen molar-refractivity contribution in [1.82, 2.24) is 0 Å². The zero-order chi connectivity index (χ0) is 23.5. The van der Waals surface area contributed by atoms with Crippen LogP contribution in [-0.2, 0) is 23.1 Å². The molecule has 0 saturated heterocycles. The van der Waals surface area contributed by atoms with E-state index >= 15 is 0 Å². The van der Waals surface area contributed by atoms with Crippen LogP contribution in [-0.4, -0.2) is 64.8 Å². The van der Waals surface area contributed by atoms with Gasteiger partial charge in [0.05, 0.1) is 19.8 Å². The van der Waals surface area contributed by atoms with E-state index in [0.717, 1.165) is 25.2 Å². The first-order chi connectivity index (χ1) is 14.7. The smallest absolute Gasteiger partial charge is 0.463 e. The van der Waals surface area contributed by atoms with Gasteiger partial charge in [-0.3, -0.25) is 13.8 Å². The summed E-state index contributed by atoms with van der Waals surface area (Å²) in [5, 5.41) is 27.3. The molecule has 0 aliphatic rings. The molecule has 0 aromatic carbocycles. The van der Waals surface area contributed by atoms with Gasteiger partial charge >= 0.3 is 13.8 Å². The van der Waals surface area contributed by atoms with E-state index in [1.54, 1.807) is 0 Å². The number of hydrogen-bond donors (Lipinski definition) is 4. The number of ether oxygens (including phenoxy) is 1. The zero-order valence-electron chi connectivity index (χ0n) is 19.1. The molecule has 0 aromatic rings. The summed E-state index contributed by atoms with van der Waals surface area (Å²) >= 11 is 0. The van der Waals surface area contributed by atoms with Crippen molar-refractivity contribution in [2.24, 2.45) is 5.92 Å². The summed E-state index contributed by atoms with van der Waals surface area (Å²) in [6.45, 7) is 2.39. The molecule has 10 heteroatoms. The van der Waals surface area contributed by atoms with Crippen LogP contribution in [0.2, 0.25) is 0 Å². The Hall–Kier alpha value is -0.540. The van der Waals surface area contributed by atoms with E-state index < -0.39 is 45.8 Å². The third-order valence-electron chi connectivity index (χ3n) is 5.03. The fourth-order valence-corrected chi connectivity index (χ4v) is 3.58. The van der Waals surface area contributed by atoms with Gasteiger partial charge in [-0.1, -0.05) is 71.6 Å². The number of aliphatic hydroxyl groups excluding tert-OH is 3. The maximum Gasteiger partial charge on any atom is 0.472 e. The van der Waals surface area contributed by atoms with E-state index in [0.29, 0.717) is 0 Å². The summed E-state index contributed by atoms with van der Waals surface area (Å²) in [5.74, 6) is 0.398. The molecule has 0 saturated carbocycles. The molecular formula is C21H43O9P. The van der Waals surface area contributed by atoms with E-state index in [1.165, 1.54) is 44.9 Å². The molecule has 0 aliphatic heterocycles. The van der Waals surface area contributed by atoms with Crippen LogP contribution in [0.5, 0.6) is 0 Å². The summed E-state index contributed by atoms with van der Waals surface area (Å²) in [4.78, 5) is 21.1. The van der Waals surface area contributed by atoms with Crippen LogP contribution in [0.15, 0.2) is 0 Å². The first-order valence-corrected chi connectivity index (χ1v) is 12.9. The second kappa shape index (κ2) is 19.0. The van der Waals surface area contributed by atoms with Gasteiger partial charge in [0.15, 0.2) is 0 Å². The number of aliphatic hydroxyl groups is 3. The van der Waals surface area contributed by atoms with Crippen molar-refractivity contribution >= 4 is 13.8 Å². The molecule has 0 amide bonds.